The van der Waals surface area contributed by atoms with Crippen molar-refractivity contribution in [1.29, 1.82) is 0 Å². The lowest BCUT2D eigenvalue weighted by Gasteiger charge is -2.22. The lowest BCUT2D eigenvalue weighted by Crippen LogP contribution is -2.40. The van der Waals surface area contributed by atoms with Crippen LogP contribution in [0.4, 0.5) is 5.69 Å². The molecule has 3 rings (SSSR count). The van der Waals surface area contributed by atoms with Crippen molar-refractivity contribution in [3.8, 4) is 0 Å². The van der Waals surface area contributed by atoms with Gasteiger partial charge in [-0.25, -0.2) is 0 Å². The Hall–Kier alpha value is -2.27. The maximum Gasteiger partial charge on any atom is 0.241 e. The van der Waals surface area contributed by atoms with E-state index in [1.54, 1.807) is 31.4 Å². The van der Waals surface area contributed by atoms with Crippen LogP contribution in [-0.4, -0.2) is 11.9 Å². The first-order chi connectivity index (χ1) is 12.5. The maximum atomic E-state index is 12.6. The molecule has 0 aliphatic rings. The molecule has 6 heteroatoms. The van der Waals surface area contributed by atoms with Gasteiger partial charge >= 0.3 is 0 Å². The average molecular weight is 389 g/mol. The van der Waals surface area contributed by atoms with E-state index in [9.17, 15) is 4.79 Å². The fourth-order valence-corrected chi connectivity index (χ4v) is 2.94. The molecule has 0 aliphatic heterocycles. The van der Waals surface area contributed by atoms with E-state index in [4.69, 9.17) is 27.6 Å². The Morgan fingerprint density at radius 1 is 1.04 bits per heavy atom. The number of halogens is 2. The summed E-state index contributed by atoms with van der Waals surface area (Å²) in [5.74, 6) is 0.512. The number of carbonyl (C=O) groups is 1. The first-order valence-electron chi connectivity index (χ1n) is 8.15. The number of rotatable bonds is 6. The molecule has 4 nitrogen and oxygen atoms in total. The molecule has 0 fully saturated rings. The molecular formula is C20H18Cl2N2O2. The minimum Gasteiger partial charge on any atom is -0.467 e. The third kappa shape index (κ3) is 4.47. The third-order valence-corrected chi connectivity index (χ3v) is 4.52. The Bertz CT molecular complexity index is 867. The highest BCUT2D eigenvalue weighted by molar-refractivity contribution is 6.35. The smallest absolute Gasteiger partial charge is 0.241 e. The van der Waals surface area contributed by atoms with Gasteiger partial charge in [0.2, 0.25) is 5.91 Å². The van der Waals surface area contributed by atoms with Crippen molar-refractivity contribution < 1.29 is 9.21 Å². The van der Waals surface area contributed by atoms with Crippen LogP contribution < -0.4 is 10.6 Å². The van der Waals surface area contributed by atoms with Gasteiger partial charge in [0.05, 0.1) is 29.1 Å². The van der Waals surface area contributed by atoms with Crippen LogP contribution in [0.3, 0.4) is 0 Å². The number of carbonyl (C=O) groups excluding carboxylic acids is 1. The normalized spacial score (nSPS) is 13.2. The summed E-state index contributed by atoms with van der Waals surface area (Å²) in [6.07, 6.45) is 1.61. The largest absolute Gasteiger partial charge is 0.467 e. The number of hydrogen-bond acceptors (Lipinski definition) is 3. The van der Waals surface area contributed by atoms with Crippen LogP contribution in [0, 0.1) is 0 Å². The number of furan rings is 1. The van der Waals surface area contributed by atoms with Gasteiger partial charge in [-0.1, -0.05) is 53.5 Å². The fourth-order valence-electron chi connectivity index (χ4n) is 2.60. The molecule has 26 heavy (non-hydrogen) atoms. The van der Waals surface area contributed by atoms with Crippen LogP contribution >= 0.6 is 23.2 Å². The molecule has 0 saturated heterocycles. The van der Waals surface area contributed by atoms with Crippen molar-refractivity contribution in [2.24, 2.45) is 0 Å². The number of nitrogens with one attached hydrogen (secondary N) is 2. The van der Waals surface area contributed by atoms with E-state index in [0.29, 0.717) is 15.7 Å². The Morgan fingerprint density at radius 2 is 1.81 bits per heavy atom. The van der Waals surface area contributed by atoms with Crippen LogP contribution in [0.5, 0.6) is 0 Å². The molecule has 0 spiro atoms. The molecule has 3 aromatic rings. The Balaban J connectivity index is 1.76. The van der Waals surface area contributed by atoms with E-state index < -0.39 is 6.04 Å². The maximum absolute atomic E-state index is 12.6. The van der Waals surface area contributed by atoms with E-state index in [2.05, 4.69) is 10.6 Å². The Kier molecular flexibility index (Phi) is 5.99. The molecule has 2 aromatic carbocycles. The Morgan fingerprint density at radius 3 is 2.50 bits per heavy atom. The molecule has 0 aliphatic carbocycles. The van der Waals surface area contributed by atoms with E-state index in [1.165, 1.54) is 0 Å². The lowest BCUT2D eigenvalue weighted by molar-refractivity contribution is -0.117. The van der Waals surface area contributed by atoms with Crippen LogP contribution in [0.2, 0.25) is 10.0 Å². The first kappa shape index (κ1) is 18.5. The molecule has 0 bridgehead atoms. The van der Waals surface area contributed by atoms with Crippen LogP contribution in [0.1, 0.15) is 24.3 Å². The summed E-state index contributed by atoms with van der Waals surface area (Å²) >= 11 is 12.1. The first-order valence-corrected chi connectivity index (χ1v) is 8.90. The second-order valence-corrected chi connectivity index (χ2v) is 6.70. The molecule has 2 atom stereocenters. The van der Waals surface area contributed by atoms with Crippen molar-refractivity contribution in [3.05, 3.63) is 88.3 Å². The summed E-state index contributed by atoms with van der Waals surface area (Å²) in [7, 11) is 0. The standard InChI is InChI=1S/C20H18Cl2N2O2/c1-13(20(25)24-17-12-15(21)9-10-16(17)22)23-19(18-8-5-11-26-18)14-6-3-2-4-7-14/h2-13,19,23H,1H3,(H,24,25)/t13-,19+/m1/s1. The van der Waals surface area contributed by atoms with E-state index in [-0.39, 0.29) is 11.9 Å². The predicted molar refractivity (Wildman–Crippen MR) is 105 cm³/mol. The quantitative estimate of drug-likeness (QED) is 0.602. The Labute approximate surface area is 162 Å². The summed E-state index contributed by atoms with van der Waals surface area (Å²) in [5, 5.41) is 7.05. The molecule has 0 unspecified atom stereocenters. The van der Waals surface area contributed by atoms with Crippen molar-refractivity contribution in [2.45, 2.75) is 19.0 Å². The lowest BCUT2D eigenvalue weighted by atomic mass is 10.0. The highest BCUT2D eigenvalue weighted by Crippen LogP contribution is 2.26. The van der Waals surface area contributed by atoms with Gasteiger partial charge in [-0.3, -0.25) is 10.1 Å². The summed E-state index contributed by atoms with van der Waals surface area (Å²) in [6, 6.07) is 17.7. The average Bonchev–Trinajstić information content (AvgIpc) is 3.17. The predicted octanol–water partition coefficient (Wildman–Crippen LogP) is 5.29. The highest BCUT2D eigenvalue weighted by atomic mass is 35.5. The number of hydrogen-bond donors (Lipinski definition) is 2. The molecule has 134 valence electrons. The zero-order chi connectivity index (χ0) is 18.5. The summed E-state index contributed by atoms with van der Waals surface area (Å²) in [5.41, 5.74) is 1.48. The van der Waals surface area contributed by atoms with Crippen molar-refractivity contribution in [1.82, 2.24) is 5.32 Å². The number of benzene rings is 2. The van der Waals surface area contributed by atoms with Crippen LogP contribution in [-0.2, 0) is 4.79 Å². The molecule has 1 amide bonds. The SMILES string of the molecule is C[C@@H](N[C@@H](c1ccccc1)c1ccco1)C(=O)Nc1cc(Cl)ccc1Cl. The molecular weight excluding hydrogens is 371 g/mol. The van der Waals surface area contributed by atoms with Crippen molar-refractivity contribution in [2.75, 3.05) is 5.32 Å². The van der Waals surface area contributed by atoms with Gasteiger partial charge in [0, 0.05) is 5.02 Å². The highest BCUT2D eigenvalue weighted by Gasteiger charge is 2.23. The summed E-state index contributed by atoms with van der Waals surface area (Å²) in [6.45, 7) is 1.78. The van der Waals surface area contributed by atoms with Crippen molar-refractivity contribution >= 4 is 34.8 Å². The molecule has 0 saturated carbocycles. The zero-order valence-corrected chi connectivity index (χ0v) is 15.6. The van der Waals surface area contributed by atoms with Gasteiger partial charge in [-0.05, 0) is 42.8 Å². The van der Waals surface area contributed by atoms with Gasteiger partial charge in [0.1, 0.15) is 5.76 Å². The fraction of sp³-hybridized carbons (Fsp3) is 0.150. The van der Waals surface area contributed by atoms with Gasteiger partial charge in [-0.2, -0.15) is 0 Å². The van der Waals surface area contributed by atoms with Crippen LogP contribution in [0.15, 0.2) is 71.3 Å². The van der Waals surface area contributed by atoms with E-state index in [1.807, 2.05) is 42.5 Å². The van der Waals surface area contributed by atoms with Gasteiger partial charge < -0.3 is 9.73 Å². The molecule has 2 N–H and O–H groups in total. The zero-order valence-electron chi connectivity index (χ0n) is 14.1. The van der Waals surface area contributed by atoms with Gasteiger partial charge in [0.25, 0.3) is 0 Å². The second kappa shape index (κ2) is 8.41. The minimum atomic E-state index is -0.500. The van der Waals surface area contributed by atoms with Crippen molar-refractivity contribution in [3.63, 3.8) is 0 Å². The molecule has 1 aromatic heterocycles. The molecule has 0 radical (unpaired) electrons. The number of amides is 1. The summed E-state index contributed by atoms with van der Waals surface area (Å²) in [4.78, 5) is 12.6. The van der Waals surface area contributed by atoms with Crippen LogP contribution in [0.25, 0.3) is 0 Å². The third-order valence-electron chi connectivity index (χ3n) is 3.96. The molecule has 1 heterocycles. The topological polar surface area (TPSA) is 54.3 Å². The second-order valence-electron chi connectivity index (χ2n) is 5.86. The van der Waals surface area contributed by atoms with Gasteiger partial charge in [0.15, 0.2) is 0 Å². The van der Waals surface area contributed by atoms with E-state index >= 15 is 0 Å². The van der Waals surface area contributed by atoms with E-state index in [0.717, 1.165) is 11.3 Å². The monoisotopic (exact) mass is 388 g/mol. The van der Waals surface area contributed by atoms with Gasteiger partial charge in [-0.15, -0.1) is 0 Å². The minimum absolute atomic E-state index is 0.221. The number of anilines is 1. The summed E-state index contributed by atoms with van der Waals surface area (Å²) < 4.78 is 5.55.